The topological polar surface area (TPSA) is 104 Å². The second-order valence-corrected chi connectivity index (χ2v) is 9.79. The van der Waals surface area contributed by atoms with E-state index in [4.69, 9.17) is 0 Å². The summed E-state index contributed by atoms with van der Waals surface area (Å²) < 4.78 is 13.5. The Morgan fingerprint density at radius 3 is 2.80 bits per heavy atom. The number of carbonyl (C=O) groups is 1. The summed E-state index contributed by atoms with van der Waals surface area (Å²) >= 11 is 0. The fourth-order valence-electron chi connectivity index (χ4n) is 3.95. The highest BCUT2D eigenvalue weighted by atomic mass is 19.1. The molecule has 35 heavy (non-hydrogen) atoms. The number of rotatable bonds is 8. The van der Waals surface area contributed by atoms with Gasteiger partial charge in [0, 0.05) is 29.9 Å². The highest BCUT2D eigenvalue weighted by molar-refractivity contribution is 5.99. The Kier molecular flexibility index (Phi) is 6.34. The van der Waals surface area contributed by atoms with Gasteiger partial charge in [0.2, 0.25) is 5.95 Å². The largest absolute Gasteiger partial charge is 0.349 e. The zero-order valence-electron chi connectivity index (χ0n) is 20.0. The standard InChI is InChI=1S/C26H30FN7O/c1-26(2,15-27)21-4-3-5-22(32-21)33-23-20(24(35)30-18-8-9-18)14-29-25(34-23)31-19-7-6-17-13-28-11-10-16(17)12-19/h3-7,12,14,18,28H,8-11,13,15H2,1-2H3,(H,30,35)(H2,29,31,32,33,34). The number of anilines is 4. The first-order valence-corrected chi connectivity index (χ1v) is 12.0. The Bertz CT molecular complexity index is 1240. The molecule has 182 valence electrons. The summed E-state index contributed by atoms with van der Waals surface area (Å²) in [5, 5.41) is 12.8. The molecule has 4 N–H and O–H groups in total. The van der Waals surface area contributed by atoms with Crippen LogP contribution >= 0.6 is 0 Å². The summed E-state index contributed by atoms with van der Waals surface area (Å²) in [6, 6.07) is 11.8. The minimum Gasteiger partial charge on any atom is -0.349 e. The number of nitrogens with one attached hydrogen (secondary N) is 4. The van der Waals surface area contributed by atoms with E-state index < -0.39 is 12.1 Å². The fraction of sp³-hybridized carbons (Fsp3) is 0.385. The minimum absolute atomic E-state index is 0.199. The van der Waals surface area contributed by atoms with E-state index in [0.29, 0.717) is 28.8 Å². The van der Waals surface area contributed by atoms with Crippen molar-refractivity contribution in [3.05, 3.63) is 65.0 Å². The lowest BCUT2D eigenvalue weighted by Gasteiger charge is -2.21. The number of benzene rings is 1. The molecule has 1 saturated carbocycles. The SMILES string of the molecule is CC(C)(CF)c1cccc(Nc2nc(Nc3ccc4c(c3)CCNC4)ncc2C(=O)NC2CC2)n1. The molecule has 2 aromatic heterocycles. The van der Waals surface area contributed by atoms with Gasteiger partial charge in [-0.2, -0.15) is 4.98 Å². The van der Waals surface area contributed by atoms with Gasteiger partial charge in [-0.15, -0.1) is 0 Å². The van der Waals surface area contributed by atoms with E-state index >= 15 is 0 Å². The number of halogens is 1. The number of amides is 1. The number of alkyl halides is 1. The van der Waals surface area contributed by atoms with Gasteiger partial charge in [0.05, 0.1) is 5.69 Å². The van der Waals surface area contributed by atoms with Crippen LogP contribution in [0.15, 0.2) is 42.6 Å². The molecule has 1 fully saturated rings. The molecule has 5 rings (SSSR count). The summed E-state index contributed by atoms with van der Waals surface area (Å²) in [6.07, 6.45) is 4.44. The molecule has 0 unspecified atom stereocenters. The lowest BCUT2D eigenvalue weighted by Crippen LogP contribution is -2.27. The summed E-state index contributed by atoms with van der Waals surface area (Å²) in [5.74, 6) is 0.952. The van der Waals surface area contributed by atoms with Crippen LogP contribution in [-0.4, -0.2) is 40.1 Å². The summed E-state index contributed by atoms with van der Waals surface area (Å²) in [4.78, 5) is 26.5. The van der Waals surface area contributed by atoms with Crippen LogP contribution < -0.4 is 21.3 Å². The molecule has 0 bridgehead atoms. The van der Waals surface area contributed by atoms with Crippen molar-refractivity contribution >= 4 is 29.2 Å². The number of hydrogen-bond acceptors (Lipinski definition) is 7. The van der Waals surface area contributed by atoms with E-state index in [9.17, 15) is 9.18 Å². The number of pyridine rings is 1. The molecule has 0 radical (unpaired) electrons. The monoisotopic (exact) mass is 475 g/mol. The van der Waals surface area contributed by atoms with Crippen molar-refractivity contribution in [2.24, 2.45) is 0 Å². The zero-order valence-corrected chi connectivity index (χ0v) is 20.0. The molecular weight excluding hydrogens is 445 g/mol. The van der Waals surface area contributed by atoms with Crippen molar-refractivity contribution in [3.63, 3.8) is 0 Å². The average molecular weight is 476 g/mol. The van der Waals surface area contributed by atoms with Crippen molar-refractivity contribution in [3.8, 4) is 0 Å². The first-order valence-electron chi connectivity index (χ1n) is 12.0. The van der Waals surface area contributed by atoms with Gasteiger partial charge < -0.3 is 21.3 Å². The third-order valence-electron chi connectivity index (χ3n) is 6.32. The summed E-state index contributed by atoms with van der Waals surface area (Å²) in [5.41, 5.74) is 3.70. The van der Waals surface area contributed by atoms with Crippen molar-refractivity contribution in [1.29, 1.82) is 0 Å². The van der Waals surface area contributed by atoms with E-state index in [1.54, 1.807) is 26.0 Å². The molecule has 3 aromatic rings. The van der Waals surface area contributed by atoms with Crippen LogP contribution in [0.2, 0.25) is 0 Å². The molecule has 1 aromatic carbocycles. The van der Waals surface area contributed by atoms with Crippen LogP contribution in [0.3, 0.4) is 0 Å². The van der Waals surface area contributed by atoms with E-state index in [2.05, 4.69) is 48.4 Å². The zero-order chi connectivity index (χ0) is 24.4. The Hall–Kier alpha value is -3.59. The molecule has 3 heterocycles. The van der Waals surface area contributed by atoms with Crippen molar-refractivity contribution in [2.45, 2.75) is 51.1 Å². The van der Waals surface area contributed by atoms with Gasteiger partial charge in [0.25, 0.3) is 5.91 Å². The van der Waals surface area contributed by atoms with Gasteiger partial charge in [0.1, 0.15) is 23.9 Å². The molecule has 0 spiro atoms. The summed E-state index contributed by atoms with van der Waals surface area (Å²) in [7, 11) is 0. The maximum absolute atomic E-state index is 13.5. The fourth-order valence-corrected chi connectivity index (χ4v) is 3.95. The third kappa shape index (κ3) is 5.40. The third-order valence-corrected chi connectivity index (χ3v) is 6.32. The molecule has 2 aliphatic rings. The lowest BCUT2D eigenvalue weighted by atomic mass is 9.90. The molecule has 0 atom stereocenters. The minimum atomic E-state index is -0.718. The van der Waals surface area contributed by atoms with Crippen LogP contribution in [0, 0.1) is 0 Å². The van der Waals surface area contributed by atoms with Crippen LogP contribution in [0.4, 0.5) is 27.7 Å². The van der Waals surface area contributed by atoms with Crippen LogP contribution in [-0.2, 0) is 18.4 Å². The number of fused-ring (bicyclic) bond motifs is 1. The number of hydrogen-bond donors (Lipinski definition) is 4. The lowest BCUT2D eigenvalue weighted by molar-refractivity contribution is 0.0951. The van der Waals surface area contributed by atoms with E-state index in [-0.39, 0.29) is 11.9 Å². The van der Waals surface area contributed by atoms with Crippen LogP contribution in [0.25, 0.3) is 0 Å². The number of carbonyl (C=O) groups excluding carboxylic acids is 1. The van der Waals surface area contributed by atoms with Gasteiger partial charge >= 0.3 is 0 Å². The van der Waals surface area contributed by atoms with Crippen molar-refractivity contribution in [1.82, 2.24) is 25.6 Å². The van der Waals surface area contributed by atoms with Crippen LogP contribution in [0.5, 0.6) is 0 Å². The Labute approximate surface area is 204 Å². The maximum Gasteiger partial charge on any atom is 0.256 e. The molecule has 0 saturated heterocycles. The Balaban J connectivity index is 1.44. The second-order valence-electron chi connectivity index (χ2n) is 9.79. The highest BCUT2D eigenvalue weighted by Gasteiger charge is 2.26. The molecule has 1 aliphatic carbocycles. The van der Waals surface area contributed by atoms with Gasteiger partial charge in [-0.25, -0.2) is 9.97 Å². The average Bonchev–Trinajstić information content (AvgIpc) is 3.68. The van der Waals surface area contributed by atoms with Crippen molar-refractivity contribution in [2.75, 3.05) is 23.9 Å². The smallest absolute Gasteiger partial charge is 0.256 e. The number of nitrogens with zero attached hydrogens (tertiary/aromatic N) is 3. The van der Waals surface area contributed by atoms with Gasteiger partial charge in [0.15, 0.2) is 0 Å². The van der Waals surface area contributed by atoms with Crippen LogP contribution in [0.1, 0.15) is 53.9 Å². The molecular formula is C26H30FN7O. The molecule has 1 amide bonds. The normalized spacial score (nSPS) is 15.3. The predicted octanol–water partition coefficient (Wildman–Crippen LogP) is 4.14. The Morgan fingerprint density at radius 2 is 2.00 bits per heavy atom. The van der Waals surface area contributed by atoms with Gasteiger partial charge in [-0.3, -0.25) is 9.18 Å². The number of aromatic nitrogens is 3. The van der Waals surface area contributed by atoms with Gasteiger partial charge in [-0.1, -0.05) is 26.0 Å². The molecule has 8 nitrogen and oxygen atoms in total. The maximum atomic E-state index is 13.5. The quantitative estimate of drug-likeness (QED) is 0.388. The van der Waals surface area contributed by atoms with Crippen molar-refractivity contribution < 1.29 is 9.18 Å². The van der Waals surface area contributed by atoms with Gasteiger partial charge in [-0.05, 0) is 61.2 Å². The molecule has 1 aliphatic heterocycles. The van der Waals surface area contributed by atoms with E-state index in [1.165, 1.54) is 17.3 Å². The second kappa shape index (κ2) is 9.58. The van der Waals surface area contributed by atoms with E-state index in [1.807, 2.05) is 12.1 Å². The molecule has 9 heteroatoms. The summed E-state index contributed by atoms with van der Waals surface area (Å²) in [6.45, 7) is 4.90. The Morgan fingerprint density at radius 1 is 1.14 bits per heavy atom. The highest BCUT2D eigenvalue weighted by Crippen LogP contribution is 2.27. The first-order chi connectivity index (χ1) is 16.9. The predicted molar refractivity (Wildman–Crippen MR) is 134 cm³/mol. The first kappa shape index (κ1) is 23.2. The van der Waals surface area contributed by atoms with E-state index in [0.717, 1.165) is 38.0 Å².